The fourth-order valence-electron chi connectivity index (χ4n) is 0. The van der Waals surface area contributed by atoms with Crippen molar-refractivity contribution in [2.24, 2.45) is 5.92 Å². The topological polar surface area (TPSA) is 0 Å². The molecule has 0 N–H and O–H groups in total. The quantitative estimate of drug-likeness (QED) is 0.484. The van der Waals surface area contributed by atoms with Gasteiger partial charge < -0.3 is 13.3 Å². The maximum absolute atomic E-state index is 3.64. The molecular formula is C8H18V. The molecule has 0 radical (unpaired) electrons. The van der Waals surface area contributed by atoms with Gasteiger partial charge >= 0.3 is 22.2 Å². The van der Waals surface area contributed by atoms with Gasteiger partial charge in [0.2, 0.25) is 0 Å². The van der Waals surface area contributed by atoms with Crippen LogP contribution in [0.25, 0.3) is 0 Å². The fraction of sp³-hybridized carbons (Fsp3) is 0.625. The maximum atomic E-state index is 3.64. The fourth-order valence-corrected chi connectivity index (χ4v) is 0. The van der Waals surface area contributed by atoms with Crippen molar-refractivity contribution in [2.45, 2.75) is 27.7 Å². The molecule has 0 unspecified atom stereocenters. The molecule has 0 aliphatic carbocycles. The van der Waals surface area contributed by atoms with Gasteiger partial charge in [0.1, 0.15) is 0 Å². The van der Waals surface area contributed by atoms with Crippen LogP contribution >= 0.6 is 0 Å². The third-order valence-electron chi connectivity index (χ3n) is 0. The van der Waals surface area contributed by atoms with Gasteiger partial charge in [-0.3, -0.25) is 0 Å². The normalized spacial score (nSPS) is 6.67. The second-order valence-corrected chi connectivity index (χ2v) is 1.97. The van der Waals surface area contributed by atoms with Crippen molar-refractivity contribution < 1.29 is 17.0 Å². The Morgan fingerprint density at radius 2 is 1.33 bits per heavy atom. The van der Waals surface area contributed by atoms with Crippen molar-refractivity contribution in [1.82, 2.24) is 0 Å². The number of rotatable bonds is 0. The van der Waals surface area contributed by atoms with Crippen LogP contribution in [0, 0.1) is 19.3 Å². The van der Waals surface area contributed by atoms with Gasteiger partial charge in [0.25, 0.3) is 0 Å². The van der Waals surface area contributed by atoms with E-state index in [9.17, 15) is 0 Å². The molecule has 0 atom stereocenters. The van der Waals surface area contributed by atoms with E-state index in [1.807, 2.05) is 20.3 Å². The molecule has 0 amide bonds. The third kappa shape index (κ3) is 1710. The second-order valence-electron chi connectivity index (χ2n) is 1.97. The van der Waals surface area contributed by atoms with Crippen molar-refractivity contribution >= 4 is 5.23 Å². The summed E-state index contributed by atoms with van der Waals surface area (Å²) in [6.45, 7) is 11.8. The Bertz CT molecular complexity index is 23.0. The van der Waals surface area contributed by atoms with E-state index in [0.29, 0.717) is 5.92 Å². The molecule has 0 aliphatic rings. The molecule has 0 aromatic rings. The predicted molar refractivity (Wildman–Crippen MR) is 43.0 cm³/mol. The van der Waals surface area contributed by atoms with Crippen LogP contribution in [0.5, 0.6) is 0 Å². The average molecular weight is 165 g/mol. The van der Waals surface area contributed by atoms with Gasteiger partial charge in [-0.05, 0) is 0 Å². The van der Waals surface area contributed by atoms with Crippen LogP contribution in [0.3, 0.4) is 0 Å². The molecule has 0 aromatic carbocycles. The summed E-state index contributed by atoms with van der Waals surface area (Å²) < 4.78 is 0. The molecule has 0 spiro atoms. The summed E-state index contributed by atoms with van der Waals surface area (Å²) in [5, 5.41) is 3.19. The van der Waals surface area contributed by atoms with Crippen LogP contribution < -0.4 is 0 Å². The summed E-state index contributed by atoms with van der Waals surface area (Å²) in [5.74, 6) is 0.583. The third-order valence-corrected chi connectivity index (χ3v) is 0. The molecule has 9 heavy (non-hydrogen) atoms. The zero-order valence-corrected chi connectivity index (χ0v) is 8.41. The van der Waals surface area contributed by atoms with Gasteiger partial charge in [-0.25, -0.2) is 0 Å². The van der Waals surface area contributed by atoms with Gasteiger partial charge in [-0.15, -0.1) is 0 Å². The van der Waals surface area contributed by atoms with Crippen LogP contribution in [-0.4, -0.2) is 5.23 Å². The number of hydrogen-bond donors (Lipinski definition) is 0. The van der Waals surface area contributed by atoms with Gasteiger partial charge in [-0.1, -0.05) is 13.8 Å². The van der Waals surface area contributed by atoms with Crippen molar-refractivity contribution in [3.63, 3.8) is 0 Å². The zero-order valence-electron chi connectivity index (χ0n) is 7.02. The van der Waals surface area contributed by atoms with Crippen molar-refractivity contribution in [1.29, 1.82) is 0 Å². The standard InChI is InChI=1S/C4H9.C3H7.CH2.V/c1-4(2)3;1-3-2;;/h4H,1H2,2-3H3;3H,1-2H3;1H2;/q2*-1;;+2. The van der Waals surface area contributed by atoms with E-state index in [1.54, 1.807) is 0 Å². The number of hydrogen-bond acceptors (Lipinski definition) is 0. The Hall–Kier alpha value is 0.454. The van der Waals surface area contributed by atoms with Gasteiger partial charge in [0.15, 0.2) is 0 Å². The summed E-state index contributed by atoms with van der Waals surface area (Å²) in [7, 11) is 0. The molecular weight excluding hydrogens is 147 g/mol. The Labute approximate surface area is 69.5 Å². The molecule has 0 saturated heterocycles. The first-order chi connectivity index (χ1) is 4.15. The summed E-state index contributed by atoms with van der Waals surface area (Å²) in [4.78, 5) is 0. The zero-order chi connectivity index (χ0) is 8.28. The van der Waals surface area contributed by atoms with Crippen molar-refractivity contribution in [2.75, 3.05) is 0 Å². The van der Waals surface area contributed by atoms with Crippen LogP contribution in [0.1, 0.15) is 27.7 Å². The van der Waals surface area contributed by atoms with Crippen LogP contribution in [0.2, 0.25) is 0 Å². The molecule has 0 aliphatic heterocycles. The molecule has 0 fully saturated rings. The monoisotopic (exact) mass is 165 g/mol. The van der Waals surface area contributed by atoms with E-state index < -0.39 is 0 Å². The van der Waals surface area contributed by atoms with Crippen molar-refractivity contribution in [3.8, 4) is 0 Å². The minimum absolute atomic E-state index is 0.583. The molecule has 0 heterocycles. The Morgan fingerprint density at radius 1 is 1.33 bits per heavy atom. The summed E-state index contributed by atoms with van der Waals surface area (Å²) in [6.07, 6.45) is 2.00. The Morgan fingerprint density at radius 3 is 1.33 bits per heavy atom. The van der Waals surface area contributed by atoms with Gasteiger partial charge in [0, 0.05) is 0 Å². The summed E-state index contributed by atoms with van der Waals surface area (Å²) in [6, 6.07) is 0. The van der Waals surface area contributed by atoms with E-state index in [4.69, 9.17) is 0 Å². The second kappa shape index (κ2) is 23.7. The first kappa shape index (κ1) is 16.2. The average Bonchev–Trinajstić information content (AvgIpc) is 1.71. The van der Waals surface area contributed by atoms with Crippen LogP contribution in [0.4, 0.5) is 0 Å². The van der Waals surface area contributed by atoms with Crippen LogP contribution in [-0.2, 0) is 17.0 Å². The molecule has 1 heteroatoms. The summed E-state index contributed by atoms with van der Waals surface area (Å²) in [5.41, 5.74) is 0. The molecule has 0 rings (SSSR count). The van der Waals surface area contributed by atoms with Gasteiger partial charge in [0.05, 0.1) is 0 Å². The van der Waals surface area contributed by atoms with Crippen LogP contribution in [0.15, 0.2) is 0 Å². The molecule has 0 aromatic heterocycles. The van der Waals surface area contributed by atoms with E-state index in [1.165, 1.54) is 0 Å². The molecule has 0 saturated carbocycles. The Kier molecular flexibility index (Phi) is 42.7. The van der Waals surface area contributed by atoms with Crippen molar-refractivity contribution in [3.05, 3.63) is 13.3 Å². The first-order valence-corrected chi connectivity index (χ1v) is 4.02. The molecule has 0 bridgehead atoms. The molecule has 0 nitrogen and oxygen atoms in total. The first-order valence-electron chi connectivity index (χ1n) is 3.03. The molecule has 55 valence electrons. The van der Waals surface area contributed by atoms with E-state index in [-0.39, 0.29) is 0 Å². The van der Waals surface area contributed by atoms with E-state index >= 15 is 0 Å². The van der Waals surface area contributed by atoms with E-state index in [0.717, 1.165) is 0 Å². The minimum atomic E-state index is 0.583. The Balaban J connectivity index is -0.0000000646. The van der Waals surface area contributed by atoms with Gasteiger partial charge in [-0.2, -0.15) is 19.8 Å². The SMILES string of the molecule is C[CH-]C.[CH2-]C(C)C.[CH2]=[V+2]. The summed E-state index contributed by atoms with van der Waals surface area (Å²) >= 11 is 2.06. The predicted octanol–water partition coefficient (Wildman–Crippen LogP) is 2.67. The van der Waals surface area contributed by atoms with E-state index in [2.05, 4.69) is 43.0 Å².